The van der Waals surface area contributed by atoms with Crippen molar-refractivity contribution in [1.29, 1.82) is 0 Å². The van der Waals surface area contributed by atoms with E-state index in [9.17, 15) is 0 Å². The van der Waals surface area contributed by atoms with Crippen molar-refractivity contribution in [2.45, 2.75) is 69.2 Å². The van der Waals surface area contributed by atoms with Crippen LogP contribution < -0.4 is 0 Å². The number of aryl methyl sites for hydroxylation is 1. The van der Waals surface area contributed by atoms with Gasteiger partial charge in [-0.15, -0.1) is 0 Å². The molecule has 0 saturated carbocycles. The number of benzene rings is 3. The number of aromatic amines is 3. The van der Waals surface area contributed by atoms with E-state index in [1.165, 1.54) is 27.4 Å². The van der Waals surface area contributed by atoms with Crippen molar-refractivity contribution in [3.05, 3.63) is 103 Å². The Hall–Kier alpha value is -3.79. The average molecular weight is 541 g/mol. The molecule has 4 nitrogen and oxygen atoms in total. The standard InChI is InChI=1S/C9H9N.C8H7N.C7H6N2.3C4H10/c1-7-6-10-9-5-3-2-4-8(7)9;1-2-4-8-7(3-1)5-6-9-8;1-2-4-7-6(3-1)5-8-9-7;3*1-4(2)3/h2-6,10H,1H3;1-6,9H;1-5H,(H,8,9);3*4H,1-3H3. The topological polar surface area (TPSA) is 60.3 Å². The Morgan fingerprint density at radius 2 is 1.00 bits per heavy atom. The monoisotopic (exact) mass is 540 g/mol. The van der Waals surface area contributed by atoms with Gasteiger partial charge in [0.25, 0.3) is 0 Å². The minimum atomic E-state index is 0.833. The van der Waals surface area contributed by atoms with Crippen LogP contribution in [0.5, 0.6) is 0 Å². The lowest BCUT2D eigenvalue weighted by molar-refractivity contribution is 0.736. The van der Waals surface area contributed by atoms with Gasteiger partial charge in [0.1, 0.15) is 0 Å². The number of para-hydroxylation sites is 3. The first-order valence-electron chi connectivity index (χ1n) is 14.4. The maximum absolute atomic E-state index is 3.88. The van der Waals surface area contributed by atoms with E-state index in [4.69, 9.17) is 0 Å². The lowest BCUT2D eigenvalue weighted by atomic mass is 10.2. The number of fused-ring (bicyclic) bond motifs is 3. The molecule has 3 aromatic carbocycles. The second kappa shape index (κ2) is 19.3. The second-order valence-electron chi connectivity index (χ2n) is 11.7. The van der Waals surface area contributed by atoms with Crippen LogP contribution in [0.15, 0.2) is 97.5 Å². The van der Waals surface area contributed by atoms with Crippen LogP contribution in [0.3, 0.4) is 0 Å². The van der Waals surface area contributed by atoms with Gasteiger partial charge in [-0.05, 0) is 59.9 Å². The lowest BCUT2D eigenvalue weighted by Gasteiger charge is -1.86. The molecule has 40 heavy (non-hydrogen) atoms. The Kier molecular flexibility index (Phi) is 16.5. The fourth-order valence-electron chi connectivity index (χ4n) is 3.09. The van der Waals surface area contributed by atoms with E-state index in [0.717, 1.165) is 28.7 Å². The molecule has 3 heterocycles. The third kappa shape index (κ3) is 15.0. The molecule has 6 aromatic rings. The highest BCUT2D eigenvalue weighted by molar-refractivity contribution is 5.82. The van der Waals surface area contributed by atoms with Crippen LogP contribution in [-0.4, -0.2) is 20.2 Å². The summed E-state index contributed by atoms with van der Waals surface area (Å²) in [4.78, 5) is 6.31. The van der Waals surface area contributed by atoms with Gasteiger partial charge >= 0.3 is 0 Å². The molecule has 4 heteroatoms. The largest absolute Gasteiger partial charge is 0.361 e. The minimum Gasteiger partial charge on any atom is -0.361 e. The van der Waals surface area contributed by atoms with E-state index in [1.54, 1.807) is 0 Å². The Morgan fingerprint density at radius 1 is 0.525 bits per heavy atom. The Labute approximate surface area is 242 Å². The summed E-state index contributed by atoms with van der Waals surface area (Å²) in [5.74, 6) is 2.50. The van der Waals surface area contributed by atoms with Crippen molar-refractivity contribution in [2.75, 3.05) is 0 Å². The molecule has 3 aromatic heterocycles. The summed E-state index contributed by atoms with van der Waals surface area (Å²) in [7, 11) is 0. The molecule has 0 aliphatic rings. The van der Waals surface area contributed by atoms with Crippen LogP contribution in [0.1, 0.15) is 67.9 Å². The summed E-state index contributed by atoms with van der Waals surface area (Å²) in [6.45, 7) is 21.6. The molecule has 0 unspecified atom stereocenters. The number of nitrogens with zero attached hydrogens (tertiary/aromatic N) is 1. The van der Waals surface area contributed by atoms with Crippen molar-refractivity contribution in [1.82, 2.24) is 20.2 Å². The van der Waals surface area contributed by atoms with Crippen molar-refractivity contribution >= 4 is 32.7 Å². The molecule has 0 spiro atoms. The summed E-state index contributed by atoms with van der Waals surface area (Å²) in [6, 6.07) is 26.6. The zero-order chi connectivity index (χ0) is 29.9. The van der Waals surface area contributed by atoms with Crippen LogP contribution in [0, 0.1) is 24.7 Å². The van der Waals surface area contributed by atoms with Crippen LogP contribution in [0.2, 0.25) is 0 Å². The molecular formula is C36H52N4. The third-order valence-electron chi connectivity index (χ3n) is 4.61. The normalized spacial score (nSPS) is 9.93. The van der Waals surface area contributed by atoms with Gasteiger partial charge in [0, 0.05) is 34.2 Å². The summed E-state index contributed by atoms with van der Waals surface area (Å²) in [5.41, 5.74) is 4.84. The highest BCUT2D eigenvalue weighted by atomic mass is 15.1. The molecule has 0 saturated heterocycles. The Bertz CT molecular complexity index is 1280. The van der Waals surface area contributed by atoms with Gasteiger partial charge in [-0.2, -0.15) is 5.10 Å². The van der Waals surface area contributed by atoms with Crippen LogP contribution in [-0.2, 0) is 0 Å². The summed E-state index contributed by atoms with van der Waals surface area (Å²) in [6.07, 6.45) is 5.80. The summed E-state index contributed by atoms with van der Waals surface area (Å²) < 4.78 is 0. The van der Waals surface area contributed by atoms with Crippen molar-refractivity contribution in [3.8, 4) is 0 Å². The van der Waals surface area contributed by atoms with Gasteiger partial charge in [-0.3, -0.25) is 5.10 Å². The van der Waals surface area contributed by atoms with Gasteiger partial charge in [-0.25, -0.2) is 0 Å². The van der Waals surface area contributed by atoms with Crippen LogP contribution in [0.25, 0.3) is 32.7 Å². The molecule has 216 valence electrons. The van der Waals surface area contributed by atoms with Crippen molar-refractivity contribution in [2.24, 2.45) is 17.8 Å². The number of H-pyrrole nitrogens is 3. The predicted octanol–water partition coefficient (Wildman–Crippen LogP) is 11.2. The van der Waals surface area contributed by atoms with Gasteiger partial charge < -0.3 is 9.97 Å². The Balaban J connectivity index is 0.000000252. The number of rotatable bonds is 0. The van der Waals surface area contributed by atoms with E-state index in [-0.39, 0.29) is 0 Å². The number of aromatic nitrogens is 4. The number of hydrogen-bond acceptors (Lipinski definition) is 1. The van der Waals surface area contributed by atoms with Gasteiger partial charge in [0.05, 0.1) is 11.7 Å². The SMILES string of the molecule is CC(C)C.CC(C)C.CC(C)C.Cc1c[nH]c2ccccc12.c1ccc2[nH]ccc2c1.c1ccc2[nH]ncc2c1. The minimum absolute atomic E-state index is 0.833. The molecule has 0 fully saturated rings. The molecule has 0 bridgehead atoms. The van der Waals surface area contributed by atoms with Gasteiger partial charge in [0.2, 0.25) is 0 Å². The quantitative estimate of drug-likeness (QED) is 0.176. The van der Waals surface area contributed by atoms with Crippen molar-refractivity contribution < 1.29 is 0 Å². The van der Waals surface area contributed by atoms with E-state index < -0.39 is 0 Å². The zero-order valence-electron chi connectivity index (χ0n) is 26.4. The van der Waals surface area contributed by atoms with Gasteiger partial charge in [-0.1, -0.05) is 117 Å². The molecule has 0 amide bonds. The summed E-state index contributed by atoms with van der Waals surface area (Å²) in [5, 5.41) is 10.5. The number of nitrogens with one attached hydrogen (secondary N) is 3. The Morgan fingerprint density at radius 3 is 1.52 bits per heavy atom. The van der Waals surface area contributed by atoms with E-state index in [1.807, 2.05) is 61.1 Å². The highest BCUT2D eigenvalue weighted by Crippen LogP contribution is 2.15. The first-order chi connectivity index (χ1) is 19.0. The zero-order valence-corrected chi connectivity index (χ0v) is 26.4. The van der Waals surface area contributed by atoms with Crippen LogP contribution in [0.4, 0.5) is 0 Å². The molecule has 0 atom stereocenters. The van der Waals surface area contributed by atoms with E-state index >= 15 is 0 Å². The fraction of sp³-hybridized carbons (Fsp3) is 0.361. The van der Waals surface area contributed by atoms with E-state index in [2.05, 4.69) is 126 Å². The predicted molar refractivity (Wildman–Crippen MR) is 179 cm³/mol. The molecule has 3 N–H and O–H groups in total. The number of hydrogen-bond donors (Lipinski definition) is 3. The fourth-order valence-corrected chi connectivity index (χ4v) is 3.09. The summed E-state index contributed by atoms with van der Waals surface area (Å²) >= 11 is 0. The van der Waals surface area contributed by atoms with Crippen LogP contribution >= 0.6 is 0 Å². The molecule has 6 rings (SSSR count). The molecule has 0 radical (unpaired) electrons. The third-order valence-corrected chi connectivity index (χ3v) is 4.61. The molecule has 0 aliphatic carbocycles. The first kappa shape index (κ1) is 34.2. The lowest BCUT2D eigenvalue weighted by Crippen LogP contribution is -1.66. The molecular weight excluding hydrogens is 488 g/mol. The highest BCUT2D eigenvalue weighted by Gasteiger charge is 1.94. The van der Waals surface area contributed by atoms with E-state index in [0.29, 0.717) is 0 Å². The first-order valence-corrected chi connectivity index (χ1v) is 14.4. The maximum atomic E-state index is 3.88. The average Bonchev–Trinajstić information content (AvgIpc) is 3.64. The second-order valence-corrected chi connectivity index (χ2v) is 11.7. The van der Waals surface area contributed by atoms with Gasteiger partial charge in [0.15, 0.2) is 0 Å². The molecule has 0 aliphatic heterocycles. The maximum Gasteiger partial charge on any atom is 0.0650 e. The van der Waals surface area contributed by atoms with Crippen molar-refractivity contribution in [3.63, 3.8) is 0 Å². The smallest absolute Gasteiger partial charge is 0.0650 e.